The van der Waals surface area contributed by atoms with Gasteiger partial charge in [0.15, 0.2) is 0 Å². The topological polar surface area (TPSA) is 37.3 Å². The summed E-state index contributed by atoms with van der Waals surface area (Å²) in [5.41, 5.74) is 0. The molecule has 9 heavy (non-hydrogen) atoms. The van der Waals surface area contributed by atoms with Crippen molar-refractivity contribution >= 4 is 17.7 Å². The van der Waals surface area contributed by atoms with Crippen LogP contribution in [0.15, 0.2) is 0 Å². The summed E-state index contributed by atoms with van der Waals surface area (Å²) in [7, 11) is 0. The average Bonchev–Trinajstić information content (AvgIpc) is 1.62. The number of alkyl halides is 3. The van der Waals surface area contributed by atoms with Gasteiger partial charge in [-0.1, -0.05) is 0 Å². The number of carbonyl (C=O) groups is 1. The fourth-order valence-electron chi connectivity index (χ4n) is 0.140. The van der Waals surface area contributed by atoms with Crippen molar-refractivity contribution in [3.8, 4) is 0 Å². The molecule has 0 saturated heterocycles. The first-order valence-electron chi connectivity index (χ1n) is 1.83. The number of halogens is 3. The summed E-state index contributed by atoms with van der Waals surface area (Å²) in [5, 5.41) is 6.32. The van der Waals surface area contributed by atoms with Crippen molar-refractivity contribution < 1.29 is 23.1 Å². The van der Waals surface area contributed by atoms with Gasteiger partial charge in [-0.25, -0.2) is 0 Å². The van der Waals surface area contributed by atoms with Gasteiger partial charge in [0.05, 0.1) is 0 Å². The molecule has 0 spiro atoms. The number of aliphatic hydroxyl groups excluding tert-OH is 1. The van der Waals surface area contributed by atoms with Gasteiger partial charge in [-0.3, -0.25) is 4.79 Å². The first kappa shape index (κ1) is 8.77. The Labute approximate surface area is 54.1 Å². The molecule has 6 heteroatoms. The van der Waals surface area contributed by atoms with Crippen molar-refractivity contribution in [3.05, 3.63) is 0 Å². The quantitative estimate of drug-likeness (QED) is 0.543. The number of carbonyl (C=O) groups excluding carboxylic acids is 1. The summed E-state index contributed by atoms with van der Waals surface area (Å²) in [4.78, 5) is 9.68. The Balaban J connectivity index is 4.04. The van der Waals surface area contributed by atoms with E-state index in [2.05, 4.69) is 12.6 Å². The Morgan fingerprint density at radius 2 is 1.89 bits per heavy atom. The standard InChI is InChI=1S/C3H3F3O2S/c4-3(5,6)1(7)2(8)9/h1,7H,(H,8,9). The number of hydrogen-bond acceptors (Lipinski definition) is 2. The molecule has 0 aromatic heterocycles. The molecule has 0 amide bonds. The Bertz CT molecular complexity index is 121. The predicted octanol–water partition coefficient (Wildman–Crippen LogP) is 0.366. The van der Waals surface area contributed by atoms with E-state index in [-0.39, 0.29) is 0 Å². The van der Waals surface area contributed by atoms with Crippen LogP contribution in [0.1, 0.15) is 0 Å². The monoisotopic (exact) mass is 160 g/mol. The minimum atomic E-state index is -4.89. The lowest BCUT2D eigenvalue weighted by molar-refractivity contribution is -0.199. The van der Waals surface area contributed by atoms with Crippen LogP contribution in [0.4, 0.5) is 13.2 Å². The number of rotatable bonds is 1. The minimum absolute atomic E-state index is 1.59. The van der Waals surface area contributed by atoms with Crippen molar-refractivity contribution in [2.75, 3.05) is 0 Å². The van der Waals surface area contributed by atoms with E-state index in [0.29, 0.717) is 0 Å². The highest BCUT2D eigenvalue weighted by Crippen LogP contribution is 2.20. The van der Waals surface area contributed by atoms with Crippen LogP contribution < -0.4 is 0 Å². The third kappa shape index (κ3) is 2.71. The van der Waals surface area contributed by atoms with Crippen molar-refractivity contribution in [1.29, 1.82) is 0 Å². The van der Waals surface area contributed by atoms with Crippen molar-refractivity contribution in [3.63, 3.8) is 0 Å². The summed E-state index contributed by atoms with van der Waals surface area (Å²) in [5.74, 6) is 0. The molecule has 0 heterocycles. The molecule has 0 aromatic rings. The van der Waals surface area contributed by atoms with Gasteiger partial charge in [-0.05, 0) is 0 Å². The zero-order valence-corrected chi connectivity index (χ0v) is 4.91. The minimum Gasteiger partial charge on any atom is -0.376 e. The van der Waals surface area contributed by atoms with Crippen LogP contribution in [0, 0.1) is 0 Å². The summed E-state index contributed by atoms with van der Waals surface area (Å²) < 4.78 is 33.5. The molecule has 0 bridgehead atoms. The van der Waals surface area contributed by atoms with Crippen LogP contribution in [-0.4, -0.2) is 22.5 Å². The Morgan fingerprint density at radius 3 is 1.89 bits per heavy atom. The third-order valence-electron chi connectivity index (χ3n) is 0.544. The molecule has 1 unspecified atom stereocenters. The lowest BCUT2D eigenvalue weighted by Crippen LogP contribution is -2.33. The average molecular weight is 160 g/mol. The number of aliphatic hydroxyl groups is 1. The van der Waals surface area contributed by atoms with Crippen molar-refractivity contribution in [2.45, 2.75) is 12.3 Å². The van der Waals surface area contributed by atoms with Crippen LogP contribution in [-0.2, 0) is 4.79 Å². The maximum Gasteiger partial charge on any atom is 0.422 e. The van der Waals surface area contributed by atoms with Crippen LogP contribution in [0.5, 0.6) is 0 Å². The molecule has 0 radical (unpaired) electrons. The molecule has 54 valence electrons. The molecule has 0 fully saturated rings. The van der Waals surface area contributed by atoms with Crippen LogP contribution in [0.3, 0.4) is 0 Å². The summed E-state index contributed by atoms with van der Waals surface area (Å²) >= 11 is 2.78. The smallest absolute Gasteiger partial charge is 0.376 e. The molecule has 0 saturated carbocycles. The van der Waals surface area contributed by atoms with E-state index in [4.69, 9.17) is 5.11 Å². The molecule has 0 aliphatic heterocycles. The molecule has 0 aromatic carbocycles. The maximum atomic E-state index is 11.2. The van der Waals surface area contributed by atoms with E-state index in [1.807, 2.05) is 0 Å². The Morgan fingerprint density at radius 1 is 1.56 bits per heavy atom. The SMILES string of the molecule is O=C(S)C(O)C(F)(F)F. The second-order valence-corrected chi connectivity index (χ2v) is 1.72. The summed E-state index contributed by atoms with van der Waals surface area (Å²) in [6.07, 6.45) is -7.85. The third-order valence-corrected chi connectivity index (χ3v) is 0.789. The second kappa shape index (κ2) is 2.57. The lowest BCUT2D eigenvalue weighted by atomic mass is 10.4. The van der Waals surface area contributed by atoms with E-state index in [1.54, 1.807) is 0 Å². The molecular formula is C3H3F3O2S. The molecule has 0 aliphatic carbocycles. The summed E-state index contributed by atoms with van der Waals surface area (Å²) in [6, 6.07) is 0. The highest BCUT2D eigenvalue weighted by molar-refractivity contribution is 7.96. The van der Waals surface area contributed by atoms with Gasteiger partial charge >= 0.3 is 6.18 Å². The summed E-state index contributed by atoms with van der Waals surface area (Å²) in [6.45, 7) is 0. The molecule has 1 atom stereocenters. The number of hydrogen-bond donors (Lipinski definition) is 2. The van der Waals surface area contributed by atoms with E-state index in [9.17, 15) is 18.0 Å². The molecule has 2 nitrogen and oxygen atoms in total. The van der Waals surface area contributed by atoms with E-state index >= 15 is 0 Å². The zero-order chi connectivity index (χ0) is 7.65. The van der Waals surface area contributed by atoms with Gasteiger partial charge in [-0.2, -0.15) is 13.2 Å². The highest BCUT2D eigenvalue weighted by Gasteiger charge is 2.41. The Hall–Kier alpha value is -0.230. The molecule has 1 N–H and O–H groups in total. The second-order valence-electron chi connectivity index (χ2n) is 1.28. The van der Waals surface area contributed by atoms with E-state index < -0.39 is 17.4 Å². The molecular weight excluding hydrogens is 157 g/mol. The van der Waals surface area contributed by atoms with Gasteiger partial charge in [0, 0.05) is 0 Å². The van der Waals surface area contributed by atoms with E-state index in [1.165, 1.54) is 0 Å². The maximum absolute atomic E-state index is 11.2. The van der Waals surface area contributed by atoms with Crippen LogP contribution in [0.2, 0.25) is 0 Å². The zero-order valence-electron chi connectivity index (χ0n) is 4.01. The lowest BCUT2D eigenvalue weighted by Gasteiger charge is -2.08. The van der Waals surface area contributed by atoms with Gasteiger partial charge in [-0.15, -0.1) is 12.6 Å². The molecule has 0 aliphatic rings. The molecule has 0 rings (SSSR count). The van der Waals surface area contributed by atoms with E-state index in [0.717, 1.165) is 0 Å². The van der Waals surface area contributed by atoms with Gasteiger partial charge < -0.3 is 5.11 Å². The van der Waals surface area contributed by atoms with Gasteiger partial charge in [0.2, 0.25) is 11.2 Å². The first-order chi connectivity index (χ1) is 3.85. The van der Waals surface area contributed by atoms with Crippen LogP contribution in [0.25, 0.3) is 0 Å². The van der Waals surface area contributed by atoms with Crippen molar-refractivity contribution in [2.24, 2.45) is 0 Å². The largest absolute Gasteiger partial charge is 0.422 e. The van der Waals surface area contributed by atoms with Gasteiger partial charge in [0.25, 0.3) is 0 Å². The Kier molecular flexibility index (Phi) is 2.50. The highest BCUT2D eigenvalue weighted by atomic mass is 32.1. The fourth-order valence-corrected chi connectivity index (χ4v) is 0.286. The normalized spacial score (nSPS) is 15.2. The van der Waals surface area contributed by atoms with Gasteiger partial charge in [0.1, 0.15) is 0 Å². The number of thiol groups is 1. The van der Waals surface area contributed by atoms with Crippen LogP contribution >= 0.6 is 12.6 Å². The first-order valence-corrected chi connectivity index (χ1v) is 2.28. The van der Waals surface area contributed by atoms with Crippen molar-refractivity contribution in [1.82, 2.24) is 0 Å². The fraction of sp³-hybridized carbons (Fsp3) is 0.667. The predicted molar refractivity (Wildman–Crippen MR) is 26.1 cm³/mol.